The molecule has 0 bridgehead atoms. The van der Waals surface area contributed by atoms with Gasteiger partial charge in [-0.25, -0.2) is 9.37 Å². The standard InChI is InChI=1S/C15H21FN4O/c1-4-6-17-8-12-5-7-18-15(14(12)16)21-13-9-19-20(10-13)11(2)3/h5,7,9-11,17H,4,6,8H2,1-3H3. The zero-order valence-electron chi connectivity index (χ0n) is 12.6. The quantitative estimate of drug-likeness (QED) is 0.796. The lowest BCUT2D eigenvalue weighted by Crippen LogP contribution is -2.15. The highest BCUT2D eigenvalue weighted by Gasteiger charge is 2.12. The Morgan fingerprint density at radius 2 is 2.24 bits per heavy atom. The van der Waals surface area contributed by atoms with Crippen molar-refractivity contribution >= 4 is 0 Å². The van der Waals surface area contributed by atoms with Crippen molar-refractivity contribution in [2.75, 3.05) is 6.54 Å². The zero-order valence-corrected chi connectivity index (χ0v) is 12.6. The smallest absolute Gasteiger partial charge is 0.256 e. The molecule has 1 N–H and O–H groups in total. The lowest BCUT2D eigenvalue weighted by molar-refractivity contribution is 0.415. The monoisotopic (exact) mass is 292 g/mol. The Balaban J connectivity index is 2.10. The van der Waals surface area contributed by atoms with Crippen molar-refractivity contribution in [3.8, 4) is 11.6 Å². The van der Waals surface area contributed by atoms with Crippen LogP contribution < -0.4 is 10.1 Å². The van der Waals surface area contributed by atoms with Crippen LogP contribution >= 0.6 is 0 Å². The van der Waals surface area contributed by atoms with Gasteiger partial charge in [0.1, 0.15) is 0 Å². The zero-order chi connectivity index (χ0) is 15.2. The summed E-state index contributed by atoms with van der Waals surface area (Å²) in [6, 6.07) is 1.88. The molecule has 0 saturated heterocycles. The average molecular weight is 292 g/mol. The van der Waals surface area contributed by atoms with Gasteiger partial charge in [-0.15, -0.1) is 0 Å². The first-order valence-electron chi connectivity index (χ1n) is 7.18. The second kappa shape index (κ2) is 7.17. The number of nitrogens with zero attached hydrogens (tertiary/aromatic N) is 3. The Bertz CT molecular complexity index is 583. The largest absolute Gasteiger partial charge is 0.433 e. The van der Waals surface area contributed by atoms with Crippen LogP contribution in [0.3, 0.4) is 0 Å². The van der Waals surface area contributed by atoms with E-state index >= 15 is 0 Å². The van der Waals surface area contributed by atoms with Crippen molar-refractivity contribution in [3.05, 3.63) is 36.0 Å². The Morgan fingerprint density at radius 1 is 1.43 bits per heavy atom. The molecule has 0 aliphatic heterocycles. The molecule has 5 nitrogen and oxygen atoms in total. The summed E-state index contributed by atoms with van der Waals surface area (Å²) in [5.74, 6) is 0.0290. The number of rotatable bonds is 7. The molecule has 21 heavy (non-hydrogen) atoms. The molecule has 2 aromatic heterocycles. The fourth-order valence-corrected chi connectivity index (χ4v) is 1.84. The maximum Gasteiger partial charge on any atom is 0.256 e. The number of hydrogen-bond acceptors (Lipinski definition) is 4. The molecule has 0 radical (unpaired) electrons. The molecule has 0 spiro atoms. The van der Waals surface area contributed by atoms with Crippen molar-refractivity contribution < 1.29 is 9.13 Å². The first-order valence-corrected chi connectivity index (χ1v) is 7.18. The normalized spacial score (nSPS) is 11.1. The van der Waals surface area contributed by atoms with Crippen molar-refractivity contribution in [3.63, 3.8) is 0 Å². The molecule has 0 atom stereocenters. The third-order valence-corrected chi connectivity index (χ3v) is 3.00. The van der Waals surface area contributed by atoms with Crippen LogP contribution in [0.4, 0.5) is 4.39 Å². The molecule has 0 unspecified atom stereocenters. The summed E-state index contributed by atoms with van der Waals surface area (Å²) in [7, 11) is 0. The topological polar surface area (TPSA) is 52.0 Å². The third kappa shape index (κ3) is 4.01. The molecule has 0 saturated carbocycles. The maximum absolute atomic E-state index is 14.3. The summed E-state index contributed by atoms with van der Waals surface area (Å²) in [6.45, 7) is 7.39. The molecule has 0 aliphatic carbocycles. The number of ether oxygens (including phenoxy) is 1. The van der Waals surface area contributed by atoms with Gasteiger partial charge in [-0.1, -0.05) is 6.92 Å². The van der Waals surface area contributed by atoms with Crippen molar-refractivity contribution in [1.82, 2.24) is 20.1 Å². The van der Waals surface area contributed by atoms with Crippen molar-refractivity contribution in [1.29, 1.82) is 0 Å². The highest BCUT2D eigenvalue weighted by Crippen LogP contribution is 2.24. The van der Waals surface area contributed by atoms with Gasteiger partial charge in [-0.2, -0.15) is 5.10 Å². The van der Waals surface area contributed by atoms with Crippen LogP contribution in [0.15, 0.2) is 24.7 Å². The van der Waals surface area contributed by atoms with Gasteiger partial charge in [0.25, 0.3) is 5.88 Å². The summed E-state index contributed by atoms with van der Waals surface area (Å²) in [4.78, 5) is 3.95. The number of hydrogen-bond donors (Lipinski definition) is 1. The SMILES string of the molecule is CCCNCc1ccnc(Oc2cnn(C(C)C)c2)c1F. The molecule has 0 aromatic carbocycles. The van der Waals surface area contributed by atoms with Gasteiger partial charge in [-0.3, -0.25) is 4.68 Å². The molecule has 114 valence electrons. The van der Waals surface area contributed by atoms with Gasteiger partial charge >= 0.3 is 0 Å². The van der Waals surface area contributed by atoms with E-state index in [4.69, 9.17) is 4.74 Å². The number of pyridine rings is 1. The van der Waals surface area contributed by atoms with Gasteiger partial charge in [0.15, 0.2) is 11.6 Å². The van der Waals surface area contributed by atoms with Crippen molar-refractivity contribution in [2.24, 2.45) is 0 Å². The van der Waals surface area contributed by atoms with Gasteiger partial charge in [-0.05, 0) is 32.9 Å². The van der Waals surface area contributed by atoms with Gasteiger partial charge in [0, 0.05) is 24.3 Å². The predicted molar refractivity (Wildman–Crippen MR) is 78.9 cm³/mol. The average Bonchev–Trinajstić information content (AvgIpc) is 2.92. The molecule has 2 heterocycles. The van der Waals surface area contributed by atoms with Crippen molar-refractivity contribution in [2.45, 2.75) is 39.8 Å². The summed E-state index contributed by atoms with van der Waals surface area (Å²) in [6.07, 6.45) is 5.84. The number of nitrogens with one attached hydrogen (secondary N) is 1. The molecule has 0 fully saturated rings. The van der Waals surface area contributed by atoms with Crippen LogP contribution in [0.25, 0.3) is 0 Å². The minimum absolute atomic E-state index is 0.0193. The first-order chi connectivity index (χ1) is 10.1. The van der Waals surface area contributed by atoms with E-state index in [0.717, 1.165) is 13.0 Å². The Labute approximate surface area is 124 Å². The lowest BCUT2D eigenvalue weighted by Gasteiger charge is -2.08. The van der Waals surface area contributed by atoms with Gasteiger partial charge in [0.2, 0.25) is 0 Å². The molecule has 0 aliphatic rings. The van der Waals surface area contributed by atoms with E-state index in [1.54, 1.807) is 29.3 Å². The molecular formula is C15H21FN4O. The number of halogens is 1. The Hall–Kier alpha value is -1.95. The highest BCUT2D eigenvalue weighted by molar-refractivity contribution is 5.28. The van der Waals surface area contributed by atoms with Crippen LogP contribution in [0.2, 0.25) is 0 Å². The van der Waals surface area contributed by atoms with Crippen LogP contribution in [-0.4, -0.2) is 21.3 Å². The first kappa shape index (κ1) is 15.4. The number of aromatic nitrogens is 3. The van der Waals surface area contributed by atoms with E-state index in [0.29, 0.717) is 17.9 Å². The van der Waals surface area contributed by atoms with E-state index in [9.17, 15) is 4.39 Å². The summed E-state index contributed by atoms with van der Waals surface area (Å²) in [5.41, 5.74) is 0.546. The van der Waals surface area contributed by atoms with E-state index in [2.05, 4.69) is 22.3 Å². The third-order valence-electron chi connectivity index (χ3n) is 3.00. The van der Waals surface area contributed by atoms with Gasteiger partial charge in [0.05, 0.1) is 12.4 Å². The van der Waals surface area contributed by atoms with E-state index < -0.39 is 5.82 Å². The minimum atomic E-state index is -0.432. The summed E-state index contributed by atoms with van der Waals surface area (Å²) < 4.78 is 21.5. The Morgan fingerprint density at radius 3 is 2.90 bits per heavy atom. The second-order valence-electron chi connectivity index (χ2n) is 5.12. The Kier molecular flexibility index (Phi) is 5.27. The van der Waals surface area contributed by atoms with Crippen LogP contribution in [-0.2, 0) is 6.54 Å². The summed E-state index contributed by atoms with van der Waals surface area (Å²) in [5, 5.41) is 7.32. The molecular weight excluding hydrogens is 271 g/mol. The fraction of sp³-hybridized carbons (Fsp3) is 0.467. The highest BCUT2D eigenvalue weighted by atomic mass is 19.1. The van der Waals surface area contributed by atoms with Crippen LogP contribution in [0.5, 0.6) is 11.6 Å². The van der Waals surface area contributed by atoms with Crippen LogP contribution in [0, 0.1) is 5.82 Å². The molecule has 2 aromatic rings. The van der Waals surface area contributed by atoms with E-state index in [1.807, 2.05) is 13.8 Å². The van der Waals surface area contributed by atoms with Crippen LogP contribution in [0.1, 0.15) is 38.8 Å². The molecule has 6 heteroatoms. The maximum atomic E-state index is 14.3. The lowest BCUT2D eigenvalue weighted by atomic mass is 10.2. The second-order valence-corrected chi connectivity index (χ2v) is 5.12. The summed E-state index contributed by atoms with van der Waals surface area (Å²) >= 11 is 0. The van der Waals surface area contributed by atoms with Gasteiger partial charge < -0.3 is 10.1 Å². The fourth-order valence-electron chi connectivity index (χ4n) is 1.84. The predicted octanol–water partition coefficient (Wildman–Crippen LogP) is 3.29. The molecule has 0 amide bonds. The van der Waals surface area contributed by atoms with E-state index in [1.165, 1.54) is 0 Å². The molecule has 2 rings (SSSR count). The van der Waals surface area contributed by atoms with E-state index in [-0.39, 0.29) is 11.9 Å². The minimum Gasteiger partial charge on any atom is -0.433 e.